The van der Waals surface area contributed by atoms with Crippen LogP contribution in [0.5, 0.6) is 0 Å². The van der Waals surface area contributed by atoms with Gasteiger partial charge in [0.1, 0.15) is 6.61 Å². The topological polar surface area (TPSA) is 134 Å². The van der Waals surface area contributed by atoms with Crippen molar-refractivity contribution in [2.75, 3.05) is 26.4 Å². The Morgan fingerprint density at radius 2 is 1.42 bits per heavy atom. The van der Waals surface area contributed by atoms with Crippen molar-refractivity contribution in [1.29, 1.82) is 0 Å². The van der Waals surface area contributed by atoms with Crippen LogP contribution in [0.25, 0.3) is 0 Å². The highest BCUT2D eigenvalue weighted by atomic mass is 31.2. The third kappa shape index (κ3) is 19.4. The van der Waals surface area contributed by atoms with E-state index >= 15 is 0 Å². The van der Waals surface area contributed by atoms with Crippen molar-refractivity contribution < 1.29 is 37.6 Å². The number of rotatable bonds is 21. The molecule has 0 heterocycles. The lowest BCUT2D eigenvalue weighted by molar-refractivity contribution is -0.161. The molecule has 0 aromatic rings. The molecule has 0 rings (SSSR count). The molecular weight excluding hydrogens is 425 g/mol. The monoisotopic (exact) mass is 467 g/mol. The van der Waals surface area contributed by atoms with Gasteiger partial charge in [-0.3, -0.25) is 18.6 Å². The average molecular weight is 468 g/mol. The molecule has 0 fully saturated rings. The molecule has 0 aliphatic carbocycles. The van der Waals surface area contributed by atoms with Crippen LogP contribution in [-0.2, 0) is 32.7 Å². The van der Waals surface area contributed by atoms with Crippen LogP contribution >= 0.6 is 7.82 Å². The van der Waals surface area contributed by atoms with Crippen LogP contribution in [0.15, 0.2) is 0 Å². The lowest BCUT2D eigenvalue weighted by Gasteiger charge is -2.19. The molecule has 2 atom stereocenters. The fourth-order valence-electron chi connectivity index (χ4n) is 2.73. The number of hydrogen-bond acceptors (Lipinski definition) is 8. The number of nitrogens with two attached hydrogens (primary N) is 1. The van der Waals surface area contributed by atoms with E-state index in [1.807, 2.05) is 6.92 Å². The maximum absolute atomic E-state index is 12.1. The van der Waals surface area contributed by atoms with E-state index in [9.17, 15) is 19.0 Å². The first-order valence-corrected chi connectivity index (χ1v) is 13.0. The second kappa shape index (κ2) is 19.7. The van der Waals surface area contributed by atoms with Gasteiger partial charge in [-0.1, -0.05) is 65.2 Å². The van der Waals surface area contributed by atoms with Crippen molar-refractivity contribution >= 4 is 19.8 Å². The van der Waals surface area contributed by atoms with Gasteiger partial charge in [0.25, 0.3) is 0 Å². The van der Waals surface area contributed by atoms with Crippen LogP contribution in [0, 0.1) is 0 Å². The van der Waals surface area contributed by atoms with Gasteiger partial charge in [0.15, 0.2) is 6.10 Å². The third-order valence-electron chi connectivity index (χ3n) is 4.49. The normalized spacial score (nSPS) is 14.1. The van der Waals surface area contributed by atoms with Crippen LogP contribution in [0.3, 0.4) is 0 Å². The zero-order chi connectivity index (χ0) is 23.4. The molecule has 0 radical (unpaired) electrons. The fourth-order valence-corrected chi connectivity index (χ4v) is 3.49. The average Bonchev–Trinajstić information content (AvgIpc) is 2.74. The first-order valence-electron chi connectivity index (χ1n) is 11.5. The molecular formula is C21H42NO8P. The molecule has 0 saturated heterocycles. The Labute approximate surface area is 186 Å². The highest BCUT2D eigenvalue weighted by Gasteiger charge is 2.25. The zero-order valence-corrected chi connectivity index (χ0v) is 20.1. The molecule has 0 aliphatic heterocycles. The van der Waals surface area contributed by atoms with Gasteiger partial charge in [0, 0.05) is 19.4 Å². The van der Waals surface area contributed by atoms with Crippen LogP contribution in [0.1, 0.15) is 90.9 Å². The Balaban J connectivity index is 4.38. The van der Waals surface area contributed by atoms with E-state index in [0.717, 1.165) is 25.7 Å². The summed E-state index contributed by atoms with van der Waals surface area (Å²) in [5.41, 5.74) is 5.24. The number of carbonyl (C=O) groups is 2. The minimum absolute atomic E-state index is 0.0555. The molecule has 0 spiro atoms. The number of phosphoric ester groups is 1. The first kappa shape index (κ1) is 30.0. The molecule has 2 unspecified atom stereocenters. The first-order chi connectivity index (χ1) is 14.8. The summed E-state index contributed by atoms with van der Waals surface area (Å²) in [4.78, 5) is 33.5. The highest BCUT2D eigenvalue weighted by Crippen LogP contribution is 2.43. The van der Waals surface area contributed by atoms with Crippen molar-refractivity contribution in [2.24, 2.45) is 5.73 Å². The number of hydrogen-bond donors (Lipinski definition) is 2. The quantitative estimate of drug-likeness (QED) is 0.144. The molecule has 0 aromatic heterocycles. The van der Waals surface area contributed by atoms with E-state index in [0.29, 0.717) is 12.8 Å². The molecule has 0 amide bonds. The van der Waals surface area contributed by atoms with Gasteiger partial charge in [-0.25, -0.2) is 4.57 Å². The highest BCUT2D eigenvalue weighted by molar-refractivity contribution is 7.47. The largest absolute Gasteiger partial charge is 0.472 e. The third-order valence-corrected chi connectivity index (χ3v) is 5.48. The summed E-state index contributed by atoms with van der Waals surface area (Å²) in [6.45, 7) is 3.37. The minimum Gasteiger partial charge on any atom is -0.462 e. The van der Waals surface area contributed by atoms with Crippen LogP contribution < -0.4 is 5.73 Å². The van der Waals surface area contributed by atoms with Gasteiger partial charge in [-0.2, -0.15) is 0 Å². The van der Waals surface area contributed by atoms with Gasteiger partial charge in [0.2, 0.25) is 0 Å². The second-order valence-electron chi connectivity index (χ2n) is 7.51. The smallest absolute Gasteiger partial charge is 0.462 e. The SMILES string of the molecule is CCCCCCCCCCC(=O)OC(COC(=O)CCCC)COP(=O)(O)OCCN. The Bertz CT molecular complexity index is 518. The Morgan fingerprint density at radius 3 is 2.03 bits per heavy atom. The predicted octanol–water partition coefficient (Wildman–Crippen LogP) is 4.25. The molecule has 9 nitrogen and oxygen atoms in total. The number of carbonyl (C=O) groups excluding carboxylic acids is 2. The molecule has 0 aromatic carbocycles. The number of unbranched alkanes of at least 4 members (excludes halogenated alkanes) is 8. The van der Waals surface area contributed by atoms with E-state index in [2.05, 4.69) is 11.4 Å². The maximum Gasteiger partial charge on any atom is 0.472 e. The Hall–Kier alpha value is -0.990. The standard InChI is InChI=1S/C21H42NO8P/c1-3-5-7-8-9-10-11-12-14-21(24)30-19(17-27-20(23)13-6-4-2)18-29-31(25,26)28-16-15-22/h19H,3-18,22H2,1-2H3,(H,25,26). The van der Waals surface area contributed by atoms with Gasteiger partial charge >= 0.3 is 19.8 Å². The van der Waals surface area contributed by atoms with E-state index < -0.39 is 32.5 Å². The van der Waals surface area contributed by atoms with E-state index in [-0.39, 0.29) is 32.6 Å². The summed E-state index contributed by atoms with van der Waals surface area (Å²) in [5.74, 6) is -0.877. The van der Waals surface area contributed by atoms with Crippen molar-refractivity contribution in [3.8, 4) is 0 Å². The lowest BCUT2D eigenvalue weighted by Crippen LogP contribution is -2.29. The predicted molar refractivity (Wildman–Crippen MR) is 118 cm³/mol. The molecule has 3 N–H and O–H groups in total. The van der Waals surface area contributed by atoms with Gasteiger partial charge in [-0.15, -0.1) is 0 Å². The summed E-state index contributed by atoms with van der Waals surface area (Å²) < 4.78 is 31.7. The van der Waals surface area contributed by atoms with Crippen molar-refractivity contribution in [3.63, 3.8) is 0 Å². The minimum atomic E-state index is -4.33. The number of esters is 2. The van der Waals surface area contributed by atoms with E-state index in [1.54, 1.807) is 0 Å². The van der Waals surface area contributed by atoms with E-state index in [4.69, 9.17) is 19.7 Å². The molecule has 0 saturated carbocycles. The van der Waals surface area contributed by atoms with Gasteiger partial charge in [-0.05, 0) is 12.8 Å². The molecule has 10 heteroatoms. The maximum atomic E-state index is 12.1. The summed E-state index contributed by atoms with van der Waals surface area (Å²) in [5, 5.41) is 0. The molecule has 184 valence electrons. The number of ether oxygens (including phenoxy) is 2. The Morgan fingerprint density at radius 1 is 0.839 bits per heavy atom. The molecule has 31 heavy (non-hydrogen) atoms. The fraction of sp³-hybridized carbons (Fsp3) is 0.905. The number of phosphoric acid groups is 1. The molecule has 0 aliphatic rings. The van der Waals surface area contributed by atoms with Crippen molar-refractivity contribution in [3.05, 3.63) is 0 Å². The summed E-state index contributed by atoms with van der Waals surface area (Å²) in [6.07, 6.45) is 9.86. The lowest BCUT2D eigenvalue weighted by atomic mass is 10.1. The summed E-state index contributed by atoms with van der Waals surface area (Å²) in [7, 11) is -4.33. The van der Waals surface area contributed by atoms with Crippen molar-refractivity contribution in [2.45, 2.75) is 97.0 Å². The molecule has 0 bridgehead atoms. The Kier molecular flexibility index (Phi) is 19.0. The van der Waals surface area contributed by atoms with Gasteiger partial charge in [0.05, 0.1) is 13.2 Å². The van der Waals surface area contributed by atoms with Crippen LogP contribution in [-0.4, -0.2) is 49.3 Å². The van der Waals surface area contributed by atoms with Gasteiger partial charge < -0.3 is 20.1 Å². The van der Waals surface area contributed by atoms with Crippen LogP contribution in [0.4, 0.5) is 0 Å². The van der Waals surface area contributed by atoms with Crippen LogP contribution in [0.2, 0.25) is 0 Å². The summed E-state index contributed by atoms with van der Waals surface area (Å²) >= 11 is 0. The second-order valence-corrected chi connectivity index (χ2v) is 8.96. The zero-order valence-electron chi connectivity index (χ0n) is 19.2. The van der Waals surface area contributed by atoms with E-state index in [1.165, 1.54) is 25.7 Å². The summed E-state index contributed by atoms with van der Waals surface area (Å²) in [6, 6.07) is 0. The van der Waals surface area contributed by atoms with Crippen molar-refractivity contribution in [1.82, 2.24) is 0 Å².